The highest BCUT2D eigenvalue weighted by atomic mass is 19.1. The summed E-state index contributed by atoms with van der Waals surface area (Å²) in [5.41, 5.74) is 2.63. The molecule has 5 nitrogen and oxygen atoms in total. The lowest BCUT2D eigenvalue weighted by Gasteiger charge is -2.31. The number of fused-ring (bicyclic) bond motifs is 1. The zero-order chi connectivity index (χ0) is 18.2. The van der Waals surface area contributed by atoms with Gasteiger partial charge in [-0.1, -0.05) is 19.9 Å². The van der Waals surface area contributed by atoms with Crippen molar-refractivity contribution in [3.63, 3.8) is 0 Å². The summed E-state index contributed by atoms with van der Waals surface area (Å²) < 4.78 is 32.5. The number of nitrogens with zero attached hydrogens (tertiary/aromatic N) is 1. The number of hydrogen-bond donors (Lipinski definition) is 2. The Kier molecular flexibility index (Phi) is 4.24. The van der Waals surface area contributed by atoms with Crippen LogP contribution in [0.4, 0.5) is 8.78 Å². The van der Waals surface area contributed by atoms with E-state index in [9.17, 15) is 18.7 Å². The number of carboxylic acid groups (broad SMARTS) is 1. The zero-order valence-corrected chi connectivity index (χ0v) is 13.8. The van der Waals surface area contributed by atoms with Crippen molar-refractivity contribution in [2.75, 3.05) is 6.54 Å². The number of halogens is 2. The second kappa shape index (κ2) is 6.23. The smallest absolute Gasteiger partial charge is 0.356 e. The molecule has 3 rings (SSSR count). The van der Waals surface area contributed by atoms with Gasteiger partial charge in [0.2, 0.25) is 5.60 Å². The van der Waals surface area contributed by atoms with Gasteiger partial charge >= 0.3 is 5.97 Å². The Bertz CT molecular complexity index is 802. The highest BCUT2D eigenvalue weighted by Gasteiger charge is 2.42. The number of benzene rings is 1. The number of rotatable bonds is 5. The predicted octanol–water partition coefficient (Wildman–Crippen LogP) is 2.98. The van der Waals surface area contributed by atoms with Crippen LogP contribution in [0.25, 0.3) is 0 Å². The summed E-state index contributed by atoms with van der Waals surface area (Å²) in [5.74, 6) is -3.02. The van der Waals surface area contributed by atoms with Crippen LogP contribution in [0.3, 0.4) is 0 Å². The zero-order valence-electron chi connectivity index (χ0n) is 13.8. The number of aliphatic carboxylic acids is 1. The van der Waals surface area contributed by atoms with Crippen molar-refractivity contribution in [2.45, 2.75) is 19.4 Å². The molecule has 7 heteroatoms. The molecule has 1 aromatic rings. The van der Waals surface area contributed by atoms with Crippen LogP contribution in [0.15, 0.2) is 53.9 Å². The monoisotopic (exact) mass is 348 g/mol. The third-order valence-corrected chi connectivity index (χ3v) is 3.88. The quantitative estimate of drug-likeness (QED) is 0.857. The molecule has 0 unspecified atom stereocenters. The Labute approximate surface area is 143 Å². The number of carboxylic acids is 1. The van der Waals surface area contributed by atoms with Crippen LogP contribution >= 0.6 is 0 Å². The van der Waals surface area contributed by atoms with Crippen molar-refractivity contribution in [3.05, 3.63) is 65.5 Å². The van der Waals surface area contributed by atoms with E-state index in [1.165, 1.54) is 12.2 Å². The lowest BCUT2D eigenvalue weighted by molar-refractivity contribution is -0.147. The van der Waals surface area contributed by atoms with Crippen LogP contribution in [0.2, 0.25) is 0 Å². The van der Waals surface area contributed by atoms with E-state index >= 15 is 0 Å². The molecule has 1 atom stereocenters. The fraction of sp³-hybridized carbons (Fsp3) is 0.278. The van der Waals surface area contributed by atoms with Gasteiger partial charge in [0.1, 0.15) is 5.82 Å². The summed E-state index contributed by atoms with van der Waals surface area (Å²) in [5, 5.41) is 11.5. The first kappa shape index (κ1) is 17.0. The highest BCUT2D eigenvalue weighted by molar-refractivity contribution is 5.85. The first-order valence-electron chi connectivity index (χ1n) is 7.84. The Morgan fingerprint density at radius 2 is 2.16 bits per heavy atom. The number of hydrazine groups is 1. The molecule has 0 spiro atoms. The largest absolute Gasteiger partial charge is 0.478 e. The van der Waals surface area contributed by atoms with Crippen molar-refractivity contribution in [3.8, 4) is 5.75 Å². The summed E-state index contributed by atoms with van der Waals surface area (Å²) in [6.07, 6.45) is 6.13. The van der Waals surface area contributed by atoms with Gasteiger partial charge < -0.3 is 15.3 Å². The third kappa shape index (κ3) is 3.22. The molecule has 1 heterocycles. The molecule has 0 amide bonds. The number of hydrogen-bond acceptors (Lipinski definition) is 4. The Morgan fingerprint density at radius 1 is 1.40 bits per heavy atom. The maximum atomic E-state index is 13.9. The fourth-order valence-corrected chi connectivity index (χ4v) is 2.70. The SMILES string of the molecule is CC(C)CN1NC=C2C=C[C@@](Oc3ccc(F)cc3F)(C(=O)O)C=C21. The van der Waals surface area contributed by atoms with Gasteiger partial charge in [0.25, 0.3) is 0 Å². The molecule has 0 bridgehead atoms. The van der Waals surface area contributed by atoms with Gasteiger partial charge in [0, 0.05) is 30.5 Å². The van der Waals surface area contributed by atoms with E-state index in [0.717, 1.165) is 17.7 Å². The highest BCUT2D eigenvalue weighted by Crippen LogP contribution is 2.34. The minimum Gasteiger partial charge on any atom is -0.478 e. The Morgan fingerprint density at radius 3 is 2.80 bits per heavy atom. The van der Waals surface area contributed by atoms with Crippen molar-refractivity contribution >= 4 is 5.97 Å². The van der Waals surface area contributed by atoms with E-state index in [4.69, 9.17) is 4.74 Å². The number of nitrogens with one attached hydrogen (secondary N) is 1. The van der Waals surface area contributed by atoms with Crippen molar-refractivity contribution in [1.82, 2.24) is 10.4 Å². The molecule has 1 aliphatic carbocycles. The van der Waals surface area contributed by atoms with E-state index in [-0.39, 0.29) is 5.75 Å². The molecule has 2 N–H and O–H groups in total. The lowest BCUT2D eigenvalue weighted by atomic mass is 9.93. The second-order valence-corrected chi connectivity index (χ2v) is 6.37. The molecule has 0 fully saturated rings. The number of ether oxygens (including phenoxy) is 1. The van der Waals surface area contributed by atoms with Crippen molar-refractivity contribution in [1.29, 1.82) is 0 Å². The van der Waals surface area contributed by atoms with Crippen LogP contribution in [0.5, 0.6) is 5.75 Å². The van der Waals surface area contributed by atoms with E-state index in [0.29, 0.717) is 24.2 Å². The van der Waals surface area contributed by atoms with Crippen LogP contribution in [0.1, 0.15) is 13.8 Å². The van der Waals surface area contributed by atoms with Gasteiger partial charge in [0.15, 0.2) is 11.6 Å². The van der Waals surface area contributed by atoms with Crippen LogP contribution in [-0.2, 0) is 4.79 Å². The average Bonchev–Trinajstić information content (AvgIpc) is 2.91. The second-order valence-electron chi connectivity index (χ2n) is 6.37. The molecule has 1 aromatic carbocycles. The summed E-state index contributed by atoms with van der Waals surface area (Å²) in [7, 11) is 0. The molecule has 25 heavy (non-hydrogen) atoms. The van der Waals surface area contributed by atoms with Gasteiger partial charge in [-0.3, -0.25) is 5.01 Å². The van der Waals surface area contributed by atoms with Gasteiger partial charge in [-0.25, -0.2) is 13.6 Å². The van der Waals surface area contributed by atoms with E-state index < -0.39 is 23.2 Å². The topological polar surface area (TPSA) is 61.8 Å². The first-order chi connectivity index (χ1) is 11.8. The van der Waals surface area contributed by atoms with E-state index in [1.807, 2.05) is 18.9 Å². The summed E-state index contributed by atoms with van der Waals surface area (Å²) >= 11 is 0. The standard InChI is InChI=1S/C18H18F2N2O3/c1-11(2)10-22-15-8-18(17(23)24,6-5-12(15)9-21-22)25-16-4-3-13(19)7-14(16)20/h3-9,11,21H,10H2,1-2H3,(H,23,24)/t18-/m0/s1. The molecule has 0 saturated heterocycles. The minimum atomic E-state index is -1.88. The van der Waals surface area contributed by atoms with Crippen LogP contribution in [0, 0.1) is 17.6 Å². The molecule has 1 aliphatic heterocycles. The lowest BCUT2D eigenvalue weighted by Crippen LogP contribution is -2.44. The van der Waals surface area contributed by atoms with E-state index in [1.54, 1.807) is 12.3 Å². The fourth-order valence-electron chi connectivity index (χ4n) is 2.70. The normalized spacial score (nSPS) is 21.6. The first-order valence-corrected chi connectivity index (χ1v) is 7.84. The predicted molar refractivity (Wildman–Crippen MR) is 87.3 cm³/mol. The maximum Gasteiger partial charge on any atom is 0.356 e. The summed E-state index contributed by atoms with van der Waals surface area (Å²) in [4.78, 5) is 11.9. The minimum absolute atomic E-state index is 0.334. The Hall–Kier alpha value is -2.83. The van der Waals surface area contributed by atoms with Crippen molar-refractivity contribution in [2.24, 2.45) is 5.92 Å². The third-order valence-electron chi connectivity index (χ3n) is 3.88. The number of allylic oxidation sites excluding steroid dienone is 1. The molecule has 0 aromatic heterocycles. The number of carbonyl (C=O) groups is 1. The van der Waals surface area contributed by atoms with E-state index in [2.05, 4.69) is 5.43 Å². The molecular formula is C18H18F2N2O3. The summed E-state index contributed by atoms with van der Waals surface area (Å²) in [6, 6.07) is 2.74. The van der Waals surface area contributed by atoms with Gasteiger partial charge in [-0.2, -0.15) is 0 Å². The van der Waals surface area contributed by atoms with Crippen molar-refractivity contribution < 1.29 is 23.4 Å². The molecule has 132 valence electrons. The van der Waals surface area contributed by atoms with Gasteiger partial charge in [0.05, 0.1) is 5.70 Å². The molecular weight excluding hydrogens is 330 g/mol. The molecule has 0 saturated carbocycles. The summed E-state index contributed by atoms with van der Waals surface area (Å²) in [6.45, 7) is 4.72. The van der Waals surface area contributed by atoms with Gasteiger partial charge in [-0.05, 0) is 24.1 Å². The molecule has 0 radical (unpaired) electrons. The van der Waals surface area contributed by atoms with Crippen LogP contribution < -0.4 is 10.2 Å². The van der Waals surface area contributed by atoms with Crippen LogP contribution in [-0.4, -0.2) is 28.2 Å². The molecule has 2 aliphatic rings. The average molecular weight is 348 g/mol. The Balaban J connectivity index is 1.98. The maximum absolute atomic E-state index is 13.9. The van der Waals surface area contributed by atoms with Gasteiger partial charge in [-0.15, -0.1) is 0 Å².